The minimum Gasteiger partial charge on any atom is -0.481 e. The Morgan fingerprint density at radius 2 is 1.85 bits per heavy atom. The number of nitrogens with one attached hydrogen (secondary N) is 1. The SMILES string of the molecule is CN[C@@](C)(CO[C@H]1[C@H](n2ncnc2Cl)C[C@]2(C)COC[C@@]13C1=CC[C@@]4(C)[C@H](C(=O)O)[C@@](C)([C@H](C)C(C)C)CC[C@]4(C)[C@H]1CC[C@H]23)C(C)C. The zero-order valence-corrected chi connectivity index (χ0v) is 32.3. The summed E-state index contributed by atoms with van der Waals surface area (Å²) in [6.07, 6.45) is 9.53. The standard InChI is InChI=1S/C39H63ClN4O4/c1-23(2)25(5)35(7)16-17-36(8)26-12-13-29-34(6)18-28(44-33(40)42-22-43-44)31(48-20-38(10,41-11)24(3)4)39(29,21-47-19-34)27(26)14-15-37(36,9)30(35)32(45)46/h14,22-26,28-31,41H,12-13,15-21H2,1-11H3,(H,45,46)/t25-,26+,28-,29-,30-,31+,34-,35-,36-,37+,38+,39+/m1/s1. The van der Waals surface area contributed by atoms with Crippen molar-refractivity contribution < 1.29 is 19.4 Å². The van der Waals surface area contributed by atoms with Crippen molar-refractivity contribution in [2.24, 2.45) is 62.6 Å². The number of aromatic nitrogens is 3. The lowest BCUT2D eigenvalue weighted by atomic mass is 9.34. The van der Waals surface area contributed by atoms with Crippen molar-refractivity contribution in [3.8, 4) is 0 Å². The second-order valence-corrected chi connectivity index (χ2v) is 19.0. The summed E-state index contributed by atoms with van der Waals surface area (Å²) in [5, 5.41) is 19.8. The van der Waals surface area contributed by atoms with Gasteiger partial charge in [0.1, 0.15) is 6.33 Å². The van der Waals surface area contributed by atoms with Gasteiger partial charge in [-0.2, -0.15) is 5.10 Å². The van der Waals surface area contributed by atoms with Crippen molar-refractivity contribution in [3.63, 3.8) is 0 Å². The number of allylic oxidation sites excluding steroid dienone is 1. The molecule has 4 aliphatic carbocycles. The Kier molecular flexibility index (Phi) is 9.12. The molecule has 2 bridgehead atoms. The molecule has 1 aliphatic heterocycles. The Labute approximate surface area is 294 Å². The third kappa shape index (κ3) is 4.87. The summed E-state index contributed by atoms with van der Waals surface area (Å²) in [7, 11) is 2.02. The molecule has 0 unspecified atom stereocenters. The zero-order chi connectivity index (χ0) is 35.2. The third-order valence-electron chi connectivity index (χ3n) is 16.3. The van der Waals surface area contributed by atoms with Crippen LogP contribution in [0, 0.1) is 62.6 Å². The Hall–Kier alpha value is -1.48. The zero-order valence-electron chi connectivity index (χ0n) is 31.5. The molecule has 6 rings (SSSR count). The summed E-state index contributed by atoms with van der Waals surface area (Å²) in [5.74, 6) is 0.643. The van der Waals surface area contributed by atoms with Gasteiger partial charge in [-0.05, 0) is 115 Å². The maximum absolute atomic E-state index is 13.5. The van der Waals surface area contributed by atoms with E-state index in [0.717, 1.165) is 38.5 Å². The van der Waals surface area contributed by atoms with Crippen molar-refractivity contribution in [3.05, 3.63) is 23.3 Å². The van der Waals surface area contributed by atoms with E-state index in [1.807, 2.05) is 11.7 Å². The van der Waals surface area contributed by atoms with E-state index in [-0.39, 0.29) is 50.7 Å². The fraction of sp³-hybridized carbons (Fsp3) is 0.872. The highest BCUT2D eigenvalue weighted by atomic mass is 35.5. The van der Waals surface area contributed by atoms with Crippen LogP contribution in [0.25, 0.3) is 0 Å². The number of hydrogen-bond acceptors (Lipinski definition) is 6. The average Bonchev–Trinajstić information content (AvgIpc) is 3.45. The van der Waals surface area contributed by atoms with E-state index < -0.39 is 11.9 Å². The van der Waals surface area contributed by atoms with Crippen LogP contribution in [-0.2, 0) is 14.3 Å². The number of nitrogens with zero attached hydrogens (tertiary/aromatic N) is 3. The normalized spacial score (nSPS) is 44.3. The monoisotopic (exact) mass is 686 g/mol. The van der Waals surface area contributed by atoms with Crippen LogP contribution < -0.4 is 5.32 Å². The first-order valence-electron chi connectivity index (χ1n) is 18.7. The topological polar surface area (TPSA) is 98.5 Å². The molecular weight excluding hydrogens is 624 g/mol. The van der Waals surface area contributed by atoms with Crippen LogP contribution in [0.5, 0.6) is 0 Å². The number of ether oxygens (including phenoxy) is 2. The Bertz CT molecular complexity index is 1430. The summed E-state index contributed by atoms with van der Waals surface area (Å²) in [5.41, 5.74) is -0.0741. The van der Waals surface area contributed by atoms with Gasteiger partial charge in [0.25, 0.3) is 0 Å². The molecule has 1 saturated heterocycles. The number of fused-ring (bicyclic) bond motifs is 3. The molecule has 1 aromatic heterocycles. The minimum atomic E-state index is -0.629. The van der Waals surface area contributed by atoms with Crippen molar-refractivity contribution >= 4 is 17.6 Å². The number of rotatable bonds is 9. The van der Waals surface area contributed by atoms with Crippen molar-refractivity contribution in [2.45, 2.75) is 125 Å². The molecule has 4 fully saturated rings. The molecule has 2 N–H and O–H groups in total. The third-order valence-corrected chi connectivity index (χ3v) is 16.5. The van der Waals surface area contributed by atoms with Crippen LogP contribution >= 0.6 is 11.6 Å². The van der Waals surface area contributed by atoms with Crippen LogP contribution in [0.4, 0.5) is 0 Å². The molecule has 1 aromatic rings. The molecule has 0 amide bonds. The predicted molar refractivity (Wildman–Crippen MR) is 190 cm³/mol. The number of aliphatic carboxylic acids is 1. The molecule has 9 heteroatoms. The number of likely N-dealkylation sites (N-methyl/N-ethyl adjacent to an activating group) is 1. The maximum atomic E-state index is 13.5. The molecule has 0 spiro atoms. The summed E-state index contributed by atoms with van der Waals surface area (Å²) >= 11 is 6.79. The van der Waals surface area contributed by atoms with Gasteiger partial charge in [-0.1, -0.05) is 74.0 Å². The molecule has 8 nitrogen and oxygen atoms in total. The predicted octanol–water partition coefficient (Wildman–Crippen LogP) is 8.08. The van der Waals surface area contributed by atoms with E-state index in [1.165, 1.54) is 5.57 Å². The van der Waals surface area contributed by atoms with Gasteiger partial charge in [0.05, 0.1) is 37.9 Å². The first-order valence-corrected chi connectivity index (χ1v) is 19.1. The van der Waals surface area contributed by atoms with E-state index in [9.17, 15) is 9.90 Å². The van der Waals surface area contributed by atoms with Gasteiger partial charge >= 0.3 is 5.97 Å². The molecule has 48 heavy (non-hydrogen) atoms. The Morgan fingerprint density at radius 3 is 2.44 bits per heavy atom. The number of halogens is 1. The van der Waals surface area contributed by atoms with E-state index in [2.05, 4.69) is 85.6 Å². The smallest absolute Gasteiger partial charge is 0.307 e. The average molecular weight is 687 g/mol. The number of hydrogen-bond donors (Lipinski definition) is 2. The Morgan fingerprint density at radius 1 is 1.15 bits per heavy atom. The fourth-order valence-corrected chi connectivity index (χ4v) is 12.6. The summed E-state index contributed by atoms with van der Waals surface area (Å²) in [4.78, 5) is 17.9. The summed E-state index contributed by atoms with van der Waals surface area (Å²) < 4.78 is 16.0. The van der Waals surface area contributed by atoms with E-state index in [4.69, 9.17) is 26.2 Å². The van der Waals surface area contributed by atoms with Crippen molar-refractivity contribution in [1.82, 2.24) is 20.1 Å². The highest BCUT2D eigenvalue weighted by Gasteiger charge is 2.72. The van der Waals surface area contributed by atoms with Crippen LogP contribution in [0.1, 0.15) is 114 Å². The Balaban J connectivity index is 1.52. The highest BCUT2D eigenvalue weighted by Crippen LogP contribution is 2.75. The summed E-state index contributed by atoms with van der Waals surface area (Å²) in [6.45, 7) is 24.8. The van der Waals surface area contributed by atoms with E-state index in [0.29, 0.717) is 48.8 Å². The molecule has 270 valence electrons. The second-order valence-electron chi connectivity index (χ2n) is 18.7. The van der Waals surface area contributed by atoms with E-state index >= 15 is 0 Å². The quantitative estimate of drug-likeness (QED) is 0.254. The molecular formula is C39H63ClN4O4. The van der Waals surface area contributed by atoms with Gasteiger partial charge in [0.2, 0.25) is 5.28 Å². The summed E-state index contributed by atoms with van der Waals surface area (Å²) in [6, 6.07) is -0.104. The lowest BCUT2D eigenvalue weighted by Crippen LogP contribution is -2.70. The maximum Gasteiger partial charge on any atom is 0.307 e. The van der Waals surface area contributed by atoms with Gasteiger partial charge in [0.15, 0.2) is 0 Å². The molecule has 0 aromatic carbocycles. The van der Waals surface area contributed by atoms with Crippen LogP contribution in [0.15, 0.2) is 18.0 Å². The lowest BCUT2D eigenvalue weighted by molar-refractivity contribution is -0.255. The van der Waals surface area contributed by atoms with Gasteiger partial charge < -0.3 is 19.9 Å². The van der Waals surface area contributed by atoms with Crippen LogP contribution in [0.2, 0.25) is 5.28 Å². The molecule has 3 saturated carbocycles. The van der Waals surface area contributed by atoms with Gasteiger partial charge in [-0.25, -0.2) is 9.67 Å². The second kappa shape index (κ2) is 12.1. The number of carbonyl (C=O) groups is 1. The van der Waals surface area contributed by atoms with Crippen molar-refractivity contribution in [2.75, 3.05) is 26.9 Å². The molecule has 5 aliphatic rings. The fourth-order valence-electron chi connectivity index (χ4n) is 12.3. The molecule has 12 atom stereocenters. The lowest BCUT2D eigenvalue weighted by Gasteiger charge is -2.71. The molecule has 2 heterocycles. The van der Waals surface area contributed by atoms with E-state index in [1.54, 1.807) is 6.33 Å². The van der Waals surface area contributed by atoms with Gasteiger partial charge in [-0.3, -0.25) is 4.79 Å². The molecule has 0 radical (unpaired) electrons. The largest absolute Gasteiger partial charge is 0.481 e. The van der Waals surface area contributed by atoms with Crippen LogP contribution in [-0.4, -0.2) is 64.4 Å². The highest BCUT2D eigenvalue weighted by molar-refractivity contribution is 6.28. The number of carboxylic acids is 1. The van der Waals surface area contributed by atoms with Gasteiger partial charge in [0, 0.05) is 11.0 Å². The first kappa shape index (κ1) is 36.3. The minimum absolute atomic E-state index is 0.0860. The van der Waals surface area contributed by atoms with Gasteiger partial charge in [-0.15, -0.1) is 0 Å². The van der Waals surface area contributed by atoms with Crippen LogP contribution in [0.3, 0.4) is 0 Å². The number of carboxylic acid groups (broad SMARTS) is 1. The first-order chi connectivity index (χ1) is 22.4. The van der Waals surface area contributed by atoms with Crippen molar-refractivity contribution in [1.29, 1.82) is 0 Å².